The van der Waals surface area contributed by atoms with Gasteiger partial charge in [0.15, 0.2) is 16.3 Å². The van der Waals surface area contributed by atoms with Gasteiger partial charge in [-0.2, -0.15) is 0 Å². The van der Waals surface area contributed by atoms with E-state index in [1.807, 2.05) is 6.07 Å². The molecule has 4 rings (SSSR count). The zero-order valence-corrected chi connectivity index (χ0v) is 25.7. The van der Waals surface area contributed by atoms with Crippen molar-refractivity contribution in [1.82, 2.24) is 4.57 Å². The van der Waals surface area contributed by atoms with Crippen LogP contribution in [0.5, 0.6) is 17.2 Å². The molecule has 212 valence electrons. The molecule has 0 saturated heterocycles. The molecule has 2 heterocycles. The molecule has 11 heteroatoms. The Morgan fingerprint density at radius 1 is 1.15 bits per heavy atom. The topological polar surface area (TPSA) is 103 Å². The largest absolute Gasteiger partial charge is 0.507 e. The molecule has 1 aliphatic rings. The summed E-state index contributed by atoms with van der Waals surface area (Å²) >= 11 is 4.79. The van der Waals surface area contributed by atoms with Crippen LogP contribution in [0.4, 0.5) is 5.69 Å². The van der Waals surface area contributed by atoms with E-state index in [0.717, 1.165) is 18.8 Å². The predicted molar refractivity (Wildman–Crippen MR) is 159 cm³/mol. The second kappa shape index (κ2) is 12.3. The highest BCUT2D eigenvalue weighted by molar-refractivity contribution is 9.10. The number of fused-ring (bicyclic) bond motifs is 1. The fourth-order valence-electron chi connectivity index (χ4n) is 4.75. The minimum absolute atomic E-state index is 0.0674. The maximum Gasteiger partial charge on any atom is 0.338 e. The van der Waals surface area contributed by atoms with Gasteiger partial charge in [-0.25, -0.2) is 9.79 Å². The van der Waals surface area contributed by atoms with Crippen LogP contribution in [-0.2, 0) is 9.53 Å². The SMILES string of the molecule is CCOC(=O)C1=C(C)N=c2s/c(=C\c3ccc(N(CC)CC)cc3O)c(=O)n2[C@H]1c1cc(OC)c(OC)cc1Br. The number of halogens is 1. The van der Waals surface area contributed by atoms with Gasteiger partial charge in [0.05, 0.1) is 42.7 Å². The molecule has 2 aromatic carbocycles. The van der Waals surface area contributed by atoms with Crippen molar-refractivity contribution in [2.45, 2.75) is 33.7 Å². The first-order valence-corrected chi connectivity index (χ1v) is 14.5. The van der Waals surface area contributed by atoms with Crippen LogP contribution < -0.4 is 29.3 Å². The Morgan fingerprint density at radius 3 is 2.42 bits per heavy atom. The Kier molecular flexibility index (Phi) is 9.05. The molecule has 40 heavy (non-hydrogen) atoms. The molecule has 0 unspecified atom stereocenters. The lowest BCUT2D eigenvalue weighted by molar-refractivity contribution is -0.139. The smallest absolute Gasteiger partial charge is 0.338 e. The average Bonchev–Trinajstić information content (AvgIpc) is 3.24. The maximum atomic E-state index is 13.9. The maximum absolute atomic E-state index is 13.9. The quantitative estimate of drug-likeness (QED) is 0.355. The first-order chi connectivity index (χ1) is 19.2. The van der Waals surface area contributed by atoms with Crippen LogP contribution in [0.2, 0.25) is 0 Å². The number of phenols is 1. The first-order valence-electron chi connectivity index (χ1n) is 12.9. The summed E-state index contributed by atoms with van der Waals surface area (Å²) in [6, 6.07) is 8.03. The number of esters is 1. The first kappa shape index (κ1) is 29.4. The third-order valence-electron chi connectivity index (χ3n) is 6.74. The van der Waals surface area contributed by atoms with Gasteiger partial charge in [0.1, 0.15) is 5.75 Å². The molecule has 3 aromatic rings. The highest BCUT2D eigenvalue weighted by Crippen LogP contribution is 2.40. The van der Waals surface area contributed by atoms with Gasteiger partial charge >= 0.3 is 5.97 Å². The second-order valence-electron chi connectivity index (χ2n) is 8.95. The van der Waals surface area contributed by atoms with E-state index in [9.17, 15) is 14.7 Å². The molecule has 0 radical (unpaired) electrons. The van der Waals surface area contributed by atoms with Crippen LogP contribution in [0.3, 0.4) is 0 Å². The lowest BCUT2D eigenvalue weighted by Crippen LogP contribution is -2.40. The van der Waals surface area contributed by atoms with Crippen LogP contribution in [0.25, 0.3) is 6.08 Å². The van der Waals surface area contributed by atoms with Crippen molar-refractivity contribution in [2.24, 2.45) is 4.99 Å². The van der Waals surface area contributed by atoms with Gasteiger partial charge in [-0.05, 0) is 63.6 Å². The van der Waals surface area contributed by atoms with E-state index in [1.165, 1.54) is 30.1 Å². The number of aromatic hydroxyl groups is 1. The molecule has 0 fully saturated rings. The molecule has 1 N–H and O–H groups in total. The fourth-order valence-corrected chi connectivity index (χ4v) is 6.32. The van der Waals surface area contributed by atoms with Gasteiger partial charge in [-0.3, -0.25) is 9.36 Å². The number of rotatable bonds is 9. The van der Waals surface area contributed by atoms with E-state index in [-0.39, 0.29) is 23.5 Å². The van der Waals surface area contributed by atoms with E-state index in [4.69, 9.17) is 14.2 Å². The summed E-state index contributed by atoms with van der Waals surface area (Å²) in [4.78, 5) is 34.3. The summed E-state index contributed by atoms with van der Waals surface area (Å²) in [7, 11) is 3.05. The Bertz CT molecular complexity index is 1660. The van der Waals surface area contributed by atoms with Crippen molar-refractivity contribution in [3.05, 3.63) is 76.9 Å². The molecule has 1 aliphatic heterocycles. The highest BCUT2D eigenvalue weighted by Gasteiger charge is 2.35. The number of hydrogen-bond acceptors (Lipinski definition) is 9. The Labute approximate surface area is 244 Å². The number of ether oxygens (including phenoxy) is 3. The zero-order chi connectivity index (χ0) is 29.1. The van der Waals surface area contributed by atoms with Gasteiger partial charge in [0, 0.05) is 34.9 Å². The number of hydrogen-bond donors (Lipinski definition) is 1. The standard InChI is InChI=1S/C29H32BrN3O6S/c1-7-32(8-2)18-11-10-17(21(34)13-18)12-24-27(35)33-26(19-14-22(37-5)23(38-6)15-20(19)30)25(28(36)39-9-3)16(4)31-29(33)40-24/h10-15,26,34H,7-9H2,1-6H3/b24-12-/t26-/m0/s1. The average molecular weight is 631 g/mol. The van der Waals surface area contributed by atoms with Crippen molar-refractivity contribution in [3.8, 4) is 17.2 Å². The lowest BCUT2D eigenvalue weighted by Gasteiger charge is -2.26. The van der Waals surface area contributed by atoms with Crippen LogP contribution in [-0.4, -0.2) is 49.6 Å². The molecule has 1 aromatic heterocycles. The molecule has 1 atom stereocenters. The van der Waals surface area contributed by atoms with Gasteiger partial charge < -0.3 is 24.2 Å². The number of carbonyl (C=O) groups excluding carboxylic acids is 1. The molecule has 0 saturated carbocycles. The fraction of sp³-hybridized carbons (Fsp3) is 0.345. The highest BCUT2D eigenvalue weighted by atomic mass is 79.9. The van der Waals surface area contributed by atoms with Crippen molar-refractivity contribution in [1.29, 1.82) is 0 Å². The summed E-state index contributed by atoms with van der Waals surface area (Å²) in [6.45, 7) is 9.33. The van der Waals surface area contributed by atoms with E-state index < -0.39 is 12.0 Å². The van der Waals surface area contributed by atoms with E-state index in [0.29, 0.717) is 42.1 Å². The third-order valence-corrected chi connectivity index (χ3v) is 8.41. The monoisotopic (exact) mass is 629 g/mol. The van der Waals surface area contributed by atoms with Gasteiger partial charge in [0.25, 0.3) is 5.56 Å². The summed E-state index contributed by atoms with van der Waals surface area (Å²) in [5.74, 6) is 0.443. The number of methoxy groups -OCH3 is 2. The molecule has 9 nitrogen and oxygen atoms in total. The van der Waals surface area contributed by atoms with Crippen molar-refractivity contribution < 1.29 is 24.1 Å². The van der Waals surface area contributed by atoms with E-state index in [1.54, 1.807) is 44.2 Å². The van der Waals surface area contributed by atoms with E-state index in [2.05, 4.69) is 39.7 Å². The minimum Gasteiger partial charge on any atom is -0.507 e. The molecular weight excluding hydrogens is 598 g/mol. The third kappa shape index (κ3) is 5.40. The number of allylic oxidation sites excluding steroid dienone is 1. The predicted octanol–water partition coefficient (Wildman–Crippen LogP) is 4.13. The normalized spacial score (nSPS) is 15.0. The molecule has 0 aliphatic carbocycles. The molecule has 0 bridgehead atoms. The summed E-state index contributed by atoms with van der Waals surface area (Å²) in [5, 5.41) is 10.8. The van der Waals surface area contributed by atoms with Gasteiger partial charge in [-0.15, -0.1) is 0 Å². The molecule has 0 spiro atoms. The van der Waals surface area contributed by atoms with Crippen molar-refractivity contribution in [3.63, 3.8) is 0 Å². The lowest BCUT2D eigenvalue weighted by atomic mass is 9.95. The van der Waals surface area contributed by atoms with Crippen molar-refractivity contribution >= 4 is 45.0 Å². The zero-order valence-electron chi connectivity index (χ0n) is 23.3. The Morgan fingerprint density at radius 2 is 1.82 bits per heavy atom. The van der Waals surface area contributed by atoms with Gasteiger partial charge in [0.2, 0.25) is 0 Å². The number of aromatic nitrogens is 1. The Balaban J connectivity index is 1.95. The number of thiazole rings is 1. The second-order valence-corrected chi connectivity index (χ2v) is 10.8. The number of benzene rings is 2. The van der Waals surface area contributed by atoms with Crippen LogP contribution >= 0.6 is 27.3 Å². The van der Waals surface area contributed by atoms with Crippen molar-refractivity contribution in [2.75, 3.05) is 38.8 Å². The van der Waals surface area contributed by atoms with E-state index >= 15 is 0 Å². The summed E-state index contributed by atoms with van der Waals surface area (Å²) in [5.41, 5.74) is 2.36. The number of nitrogens with zero attached hydrogens (tertiary/aromatic N) is 3. The molecule has 0 amide bonds. The Hall–Kier alpha value is -3.57. The van der Waals surface area contributed by atoms with Crippen LogP contribution in [0.15, 0.2) is 55.9 Å². The number of carbonyl (C=O) groups is 1. The minimum atomic E-state index is -0.842. The van der Waals surface area contributed by atoms with Gasteiger partial charge in [-0.1, -0.05) is 27.3 Å². The number of anilines is 1. The van der Waals surface area contributed by atoms with Crippen LogP contribution in [0.1, 0.15) is 44.9 Å². The molecular formula is C29H32BrN3O6S. The summed E-state index contributed by atoms with van der Waals surface area (Å²) < 4.78 is 18.8. The summed E-state index contributed by atoms with van der Waals surface area (Å²) in [6.07, 6.45) is 1.65. The number of phenolic OH excluding ortho intramolecular Hbond substituents is 1. The van der Waals surface area contributed by atoms with Crippen LogP contribution in [0, 0.1) is 0 Å².